The van der Waals surface area contributed by atoms with Crippen molar-refractivity contribution < 1.29 is 4.74 Å². The maximum Gasteiger partial charge on any atom is 0.0884 e. The molecule has 1 saturated heterocycles. The molecule has 0 unspecified atom stereocenters. The molecule has 3 aromatic carbocycles. The quantitative estimate of drug-likeness (QED) is 0.491. The fraction of sp³-hybridized carbons (Fsp3) is 0.308. The highest BCUT2D eigenvalue weighted by Gasteiger charge is 2.29. The summed E-state index contributed by atoms with van der Waals surface area (Å²) in [4.78, 5) is 0. The molecule has 1 aromatic heterocycles. The van der Waals surface area contributed by atoms with E-state index in [4.69, 9.17) is 4.74 Å². The summed E-state index contributed by atoms with van der Waals surface area (Å²) >= 11 is 0. The summed E-state index contributed by atoms with van der Waals surface area (Å²) in [7, 11) is 0. The van der Waals surface area contributed by atoms with Crippen LogP contribution in [0.15, 0.2) is 79.0 Å². The van der Waals surface area contributed by atoms with Gasteiger partial charge in [0.15, 0.2) is 0 Å². The van der Waals surface area contributed by atoms with E-state index in [1.165, 1.54) is 21.9 Å². The molecule has 0 amide bonds. The molecule has 0 bridgehead atoms. The molecule has 2 heterocycles. The van der Waals surface area contributed by atoms with E-state index < -0.39 is 0 Å². The van der Waals surface area contributed by atoms with E-state index in [2.05, 4.69) is 88.6 Å². The van der Waals surface area contributed by atoms with Crippen LogP contribution in [0.1, 0.15) is 29.2 Å². The van der Waals surface area contributed by atoms with Crippen molar-refractivity contribution in [1.29, 1.82) is 0 Å². The molecule has 5 nitrogen and oxygen atoms in total. The first-order valence-corrected chi connectivity index (χ1v) is 11.1. The average molecular weight is 413 g/mol. The predicted octanol–water partition coefficient (Wildman–Crippen LogP) is 4.34. The van der Waals surface area contributed by atoms with E-state index in [0.29, 0.717) is 6.61 Å². The number of fused-ring (bicyclic) bond motifs is 1. The van der Waals surface area contributed by atoms with Crippen molar-refractivity contribution >= 4 is 10.8 Å². The first-order chi connectivity index (χ1) is 15.3. The van der Waals surface area contributed by atoms with E-state index >= 15 is 0 Å². The zero-order valence-corrected chi connectivity index (χ0v) is 17.7. The van der Waals surface area contributed by atoms with Gasteiger partial charge in [-0.05, 0) is 47.4 Å². The van der Waals surface area contributed by atoms with E-state index in [0.717, 1.165) is 38.2 Å². The number of hydrogen-bond acceptors (Lipinski definition) is 4. The minimum Gasteiger partial charge on any atom is -0.372 e. The highest BCUT2D eigenvalue weighted by atomic mass is 16.5. The van der Waals surface area contributed by atoms with Crippen LogP contribution in [0.5, 0.6) is 0 Å². The van der Waals surface area contributed by atoms with Gasteiger partial charge in [-0.3, -0.25) is 4.68 Å². The van der Waals surface area contributed by atoms with Gasteiger partial charge in [-0.2, -0.15) is 0 Å². The number of hydrogen-bond donors (Lipinski definition) is 1. The SMILES string of the molecule is c1ccc(CCn2cc([C@@H]3CCNC[C@H]3OCc3ccc4ccccc4c3)nn2)cc1. The van der Waals surface area contributed by atoms with Crippen molar-refractivity contribution in [2.45, 2.75) is 38.0 Å². The van der Waals surface area contributed by atoms with E-state index in [1.54, 1.807) is 0 Å². The standard InChI is InChI=1S/C26H28N4O/c1-2-6-20(7-3-1)13-15-30-18-25(28-29-30)24-12-14-27-17-26(24)31-19-21-10-11-22-8-4-5-9-23(22)16-21/h1-11,16,18,24,26-27H,12-15,17,19H2/t24-,26+/m0/s1. The number of piperidine rings is 1. The van der Waals surface area contributed by atoms with Gasteiger partial charge in [0.05, 0.1) is 18.4 Å². The summed E-state index contributed by atoms with van der Waals surface area (Å²) in [5.74, 6) is 0.271. The van der Waals surface area contributed by atoms with Crippen LogP contribution < -0.4 is 5.32 Å². The van der Waals surface area contributed by atoms with Crippen LogP contribution in [-0.4, -0.2) is 34.2 Å². The second kappa shape index (κ2) is 9.41. The minimum absolute atomic E-state index is 0.0968. The third-order valence-electron chi connectivity index (χ3n) is 6.11. The fourth-order valence-electron chi connectivity index (χ4n) is 4.36. The highest BCUT2D eigenvalue weighted by Crippen LogP contribution is 2.27. The Morgan fingerprint density at radius 3 is 2.68 bits per heavy atom. The van der Waals surface area contributed by atoms with Gasteiger partial charge in [0, 0.05) is 25.2 Å². The lowest BCUT2D eigenvalue weighted by Crippen LogP contribution is -2.41. The Bertz CT molecular complexity index is 1120. The Morgan fingerprint density at radius 2 is 1.77 bits per heavy atom. The van der Waals surface area contributed by atoms with Crippen molar-refractivity contribution in [1.82, 2.24) is 20.3 Å². The van der Waals surface area contributed by atoms with Crippen LogP contribution in [0.2, 0.25) is 0 Å². The van der Waals surface area contributed by atoms with Gasteiger partial charge in [-0.15, -0.1) is 5.10 Å². The summed E-state index contributed by atoms with van der Waals surface area (Å²) in [5.41, 5.74) is 3.56. The molecule has 1 aliphatic heterocycles. The molecule has 1 fully saturated rings. The van der Waals surface area contributed by atoms with Crippen molar-refractivity contribution in [2.24, 2.45) is 0 Å². The lowest BCUT2D eigenvalue weighted by atomic mass is 9.92. The lowest BCUT2D eigenvalue weighted by Gasteiger charge is -2.30. The number of rotatable bonds is 7. The molecule has 0 radical (unpaired) electrons. The van der Waals surface area contributed by atoms with Crippen LogP contribution >= 0.6 is 0 Å². The van der Waals surface area contributed by atoms with Crippen molar-refractivity contribution in [2.75, 3.05) is 13.1 Å². The zero-order valence-electron chi connectivity index (χ0n) is 17.7. The van der Waals surface area contributed by atoms with E-state index in [9.17, 15) is 0 Å². The monoisotopic (exact) mass is 412 g/mol. The van der Waals surface area contributed by atoms with Gasteiger partial charge < -0.3 is 10.1 Å². The number of aromatic nitrogens is 3. The minimum atomic E-state index is 0.0968. The molecule has 4 aromatic rings. The maximum absolute atomic E-state index is 6.38. The van der Waals surface area contributed by atoms with Crippen LogP contribution in [0.4, 0.5) is 0 Å². The molecule has 2 atom stereocenters. The second-order valence-electron chi connectivity index (χ2n) is 8.27. The second-order valence-corrected chi connectivity index (χ2v) is 8.27. The lowest BCUT2D eigenvalue weighted by molar-refractivity contribution is 0.00969. The molecule has 0 saturated carbocycles. The molecule has 5 heteroatoms. The normalized spacial score (nSPS) is 19.0. The topological polar surface area (TPSA) is 52.0 Å². The Kier molecular flexibility index (Phi) is 6.05. The number of benzene rings is 3. The number of ether oxygens (including phenoxy) is 1. The Labute approximate surface area is 183 Å². The maximum atomic E-state index is 6.38. The zero-order chi connectivity index (χ0) is 20.9. The summed E-state index contributed by atoms with van der Waals surface area (Å²) in [6.45, 7) is 3.27. The number of aryl methyl sites for hydroxylation is 2. The molecule has 0 spiro atoms. The van der Waals surface area contributed by atoms with Crippen LogP contribution in [-0.2, 0) is 24.3 Å². The summed E-state index contributed by atoms with van der Waals surface area (Å²) in [5, 5.41) is 14.9. The van der Waals surface area contributed by atoms with Crippen molar-refractivity contribution in [3.05, 3.63) is 95.8 Å². The summed E-state index contributed by atoms with van der Waals surface area (Å²) in [6, 6.07) is 25.5. The molecular formula is C26H28N4O. The number of nitrogens with zero attached hydrogens (tertiary/aromatic N) is 3. The Balaban J connectivity index is 1.23. The van der Waals surface area contributed by atoms with Crippen LogP contribution in [0.3, 0.4) is 0 Å². The third-order valence-corrected chi connectivity index (χ3v) is 6.11. The smallest absolute Gasteiger partial charge is 0.0884 e. The van der Waals surface area contributed by atoms with E-state index in [-0.39, 0.29) is 12.0 Å². The first kappa shape index (κ1) is 19.9. The van der Waals surface area contributed by atoms with Crippen molar-refractivity contribution in [3.63, 3.8) is 0 Å². The van der Waals surface area contributed by atoms with Gasteiger partial charge in [-0.1, -0.05) is 71.9 Å². The van der Waals surface area contributed by atoms with Crippen molar-refractivity contribution in [3.8, 4) is 0 Å². The molecule has 0 aliphatic carbocycles. The molecule has 31 heavy (non-hydrogen) atoms. The van der Waals surface area contributed by atoms with E-state index in [1.807, 2.05) is 10.7 Å². The largest absolute Gasteiger partial charge is 0.372 e. The van der Waals surface area contributed by atoms with Gasteiger partial charge >= 0.3 is 0 Å². The molecule has 1 N–H and O–H groups in total. The molecule has 5 rings (SSSR count). The third kappa shape index (κ3) is 4.84. The average Bonchev–Trinajstić information content (AvgIpc) is 3.31. The van der Waals surface area contributed by atoms with Crippen LogP contribution in [0, 0.1) is 0 Å². The molecule has 158 valence electrons. The number of nitrogens with one attached hydrogen (secondary N) is 1. The fourth-order valence-corrected chi connectivity index (χ4v) is 4.36. The van der Waals surface area contributed by atoms with Gasteiger partial charge in [0.1, 0.15) is 0 Å². The summed E-state index contributed by atoms with van der Waals surface area (Å²) < 4.78 is 8.35. The van der Waals surface area contributed by atoms with Gasteiger partial charge in [0.2, 0.25) is 0 Å². The van der Waals surface area contributed by atoms with Gasteiger partial charge in [-0.25, -0.2) is 0 Å². The first-order valence-electron chi connectivity index (χ1n) is 11.1. The molecular weight excluding hydrogens is 384 g/mol. The summed E-state index contributed by atoms with van der Waals surface area (Å²) in [6.07, 6.45) is 4.17. The Morgan fingerprint density at radius 1 is 0.935 bits per heavy atom. The Hall–Kier alpha value is -3.02. The highest BCUT2D eigenvalue weighted by molar-refractivity contribution is 5.82. The van der Waals surface area contributed by atoms with Gasteiger partial charge in [0.25, 0.3) is 0 Å². The van der Waals surface area contributed by atoms with Crippen LogP contribution in [0.25, 0.3) is 10.8 Å². The molecule has 1 aliphatic rings. The predicted molar refractivity (Wildman–Crippen MR) is 123 cm³/mol.